The molecule has 0 bridgehead atoms. The summed E-state index contributed by atoms with van der Waals surface area (Å²) in [4.78, 5) is 21.6. The van der Waals surface area contributed by atoms with Crippen molar-refractivity contribution in [2.24, 2.45) is 17.6 Å². The number of carbonyl (C=O) groups excluding carboxylic acids is 1. The molecule has 6 nitrogen and oxygen atoms in total. The van der Waals surface area contributed by atoms with Gasteiger partial charge in [0, 0.05) is 23.9 Å². The summed E-state index contributed by atoms with van der Waals surface area (Å²) >= 11 is 0. The van der Waals surface area contributed by atoms with E-state index >= 15 is 4.39 Å². The molecule has 2 aliphatic carbocycles. The van der Waals surface area contributed by atoms with Crippen LogP contribution in [0.2, 0.25) is 0 Å². The van der Waals surface area contributed by atoms with Crippen molar-refractivity contribution in [2.45, 2.75) is 51.0 Å². The maximum absolute atomic E-state index is 15.1. The summed E-state index contributed by atoms with van der Waals surface area (Å²) in [6, 6.07) is 7.29. The van der Waals surface area contributed by atoms with Gasteiger partial charge in [0.25, 0.3) is 5.91 Å². The van der Waals surface area contributed by atoms with Crippen molar-refractivity contribution in [3.05, 3.63) is 65.6 Å². The third-order valence-corrected chi connectivity index (χ3v) is 7.57. The Morgan fingerprint density at radius 3 is 2.70 bits per heavy atom. The van der Waals surface area contributed by atoms with Crippen LogP contribution in [0.25, 0.3) is 11.3 Å². The van der Waals surface area contributed by atoms with Gasteiger partial charge in [0.1, 0.15) is 28.8 Å². The highest BCUT2D eigenvalue weighted by atomic mass is 31.0. The van der Waals surface area contributed by atoms with Gasteiger partial charge in [0.15, 0.2) is 0 Å². The Labute approximate surface area is 217 Å². The zero-order valence-corrected chi connectivity index (χ0v) is 21.9. The van der Waals surface area contributed by atoms with Crippen LogP contribution in [-0.4, -0.2) is 28.5 Å². The number of amides is 1. The van der Waals surface area contributed by atoms with Crippen molar-refractivity contribution in [3.63, 3.8) is 0 Å². The summed E-state index contributed by atoms with van der Waals surface area (Å²) in [7, 11) is 2.41. The molecular formula is C28H31F2N4O2P. The molecule has 0 aliphatic heterocycles. The third-order valence-electron chi connectivity index (χ3n) is 7.11. The fourth-order valence-corrected chi connectivity index (χ4v) is 5.58. The largest absolute Gasteiger partial charge is 0.493 e. The van der Waals surface area contributed by atoms with Crippen molar-refractivity contribution >= 4 is 26.1 Å². The number of nitrogens with two attached hydrogens (primary N) is 1. The number of nitrogens with zero attached hydrogens (tertiary/aromatic N) is 2. The van der Waals surface area contributed by atoms with Gasteiger partial charge in [0.2, 0.25) is 0 Å². The van der Waals surface area contributed by atoms with E-state index in [2.05, 4.69) is 31.4 Å². The van der Waals surface area contributed by atoms with Crippen LogP contribution < -0.4 is 21.1 Å². The standard InChI is InChI=1S/C28H31F2N4O2P/c1-15-8-17(10-18(31)9-15)20-6-7-32-13-24(20)34-28(35)23-5-4-21(29)27(33-23)26-22(30)11-19(12-25(26)37)36-14-16-2-3-16/h4-7,11-13,15-18H,2-3,8-10,14,31,37H2,1H3,(H,34,35). The van der Waals surface area contributed by atoms with E-state index in [9.17, 15) is 9.18 Å². The van der Waals surface area contributed by atoms with E-state index < -0.39 is 17.5 Å². The summed E-state index contributed by atoms with van der Waals surface area (Å²) in [6.45, 7) is 2.72. The smallest absolute Gasteiger partial charge is 0.274 e. The Morgan fingerprint density at radius 2 is 1.97 bits per heavy atom. The van der Waals surface area contributed by atoms with E-state index in [4.69, 9.17) is 10.5 Å². The Bertz CT molecular complexity index is 1280. The highest BCUT2D eigenvalue weighted by Crippen LogP contribution is 2.38. The minimum Gasteiger partial charge on any atom is -0.493 e. The van der Waals surface area contributed by atoms with Gasteiger partial charge in [-0.1, -0.05) is 6.92 Å². The molecule has 2 saturated carbocycles. The van der Waals surface area contributed by atoms with Crippen LogP contribution >= 0.6 is 9.24 Å². The summed E-state index contributed by atoms with van der Waals surface area (Å²) in [5.74, 6) is -0.343. The van der Waals surface area contributed by atoms with Gasteiger partial charge in [-0.3, -0.25) is 9.78 Å². The van der Waals surface area contributed by atoms with E-state index in [1.165, 1.54) is 12.1 Å². The van der Waals surface area contributed by atoms with Crippen LogP contribution in [0.15, 0.2) is 42.7 Å². The molecule has 37 heavy (non-hydrogen) atoms. The quantitative estimate of drug-likeness (QED) is 0.415. The zero-order chi connectivity index (χ0) is 26.1. The predicted molar refractivity (Wildman–Crippen MR) is 143 cm³/mol. The highest BCUT2D eigenvalue weighted by Gasteiger charge is 2.28. The molecule has 0 spiro atoms. The number of pyridine rings is 2. The molecule has 3 aromatic rings. The zero-order valence-electron chi connectivity index (χ0n) is 20.7. The molecule has 9 heteroatoms. The predicted octanol–water partition coefficient (Wildman–Crippen LogP) is 5.19. The molecule has 2 aromatic heterocycles. The van der Waals surface area contributed by atoms with E-state index in [0.717, 1.165) is 43.7 Å². The Kier molecular flexibility index (Phi) is 7.50. The number of anilines is 1. The number of rotatable bonds is 7. The van der Waals surface area contributed by atoms with Crippen molar-refractivity contribution in [2.75, 3.05) is 11.9 Å². The molecular weight excluding hydrogens is 493 g/mol. The van der Waals surface area contributed by atoms with Crippen LogP contribution in [0.3, 0.4) is 0 Å². The normalized spacial score (nSPS) is 21.5. The molecule has 1 aromatic carbocycles. The Balaban J connectivity index is 1.39. The van der Waals surface area contributed by atoms with Crippen molar-refractivity contribution in [3.8, 4) is 17.0 Å². The lowest BCUT2D eigenvalue weighted by Gasteiger charge is -2.32. The van der Waals surface area contributed by atoms with Crippen LogP contribution in [-0.2, 0) is 0 Å². The molecule has 2 fully saturated rings. The van der Waals surface area contributed by atoms with Crippen molar-refractivity contribution in [1.29, 1.82) is 0 Å². The number of hydrogen-bond acceptors (Lipinski definition) is 5. The minimum atomic E-state index is -0.724. The fourth-order valence-electron chi connectivity index (χ4n) is 5.14. The molecule has 2 heterocycles. The summed E-state index contributed by atoms with van der Waals surface area (Å²) in [6.07, 6.45) is 8.31. The molecule has 0 saturated heterocycles. The molecule has 1 amide bonds. The average Bonchev–Trinajstić information content (AvgIpc) is 3.68. The van der Waals surface area contributed by atoms with E-state index in [-0.39, 0.29) is 28.9 Å². The van der Waals surface area contributed by atoms with Gasteiger partial charge < -0.3 is 15.8 Å². The number of halogens is 2. The van der Waals surface area contributed by atoms with Crippen LogP contribution in [0, 0.1) is 23.5 Å². The second kappa shape index (κ2) is 10.8. The van der Waals surface area contributed by atoms with E-state index in [1.807, 2.05) is 6.07 Å². The molecule has 3 N–H and O–H groups in total. The molecule has 5 rings (SSSR count). The van der Waals surface area contributed by atoms with Crippen molar-refractivity contribution < 1.29 is 18.3 Å². The number of carbonyl (C=O) groups is 1. The van der Waals surface area contributed by atoms with E-state index in [1.54, 1.807) is 18.5 Å². The second-order valence-electron chi connectivity index (χ2n) is 10.3. The molecule has 194 valence electrons. The monoisotopic (exact) mass is 524 g/mol. The lowest BCUT2D eigenvalue weighted by molar-refractivity contribution is 0.102. The first kappa shape index (κ1) is 25.7. The minimum absolute atomic E-state index is 0.0248. The molecule has 2 aliphatic rings. The highest BCUT2D eigenvalue weighted by molar-refractivity contribution is 7.28. The van der Waals surface area contributed by atoms with E-state index in [0.29, 0.717) is 35.2 Å². The second-order valence-corrected chi connectivity index (χ2v) is 11.0. The van der Waals surface area contributed by atoms with Gasteiger partial charge in [-0.2, -0.15) is 0 Å². The number of ether oxygens (including phenoxy) is 1. The maximum atomic E-state index is 15.1. The number of hydrogen-bond donors (Lipinski definition) is 2. The maximum Gasteiger partial charge on any atom is 0.274 e. The average molecular weight is 525 g/mol. The van der Waals surface area contributed by atoms with Gasteiger partial charge in [0.05, 0.1) is 18.5 Å². The topological polar surface area (TPSA) is 90.1 Å². The first-order valence-corrected chi connectivity index (χ1v) is 13.3. The van der Waals surface area contributed by atoms with Crippen LogP contribution in [0.4, 0.5) is 14.5 Å². The van der Waals surface area contributed by atoms with Crippen LogP contribution in [0.5, 0.6) is 5.75 Å². The van der Waals surface area contributed by atoms with Crippen LogP contribution in [0.1, 0.15) is 61.0 Å². The summed E-state index contributed by atoms with van der Waals surface area (Å²) < 4.78 is 35.6. The number of nitrogens with one attached hydrogen (secondary N) is 1. The molecule has 4 atom stereocenters. The summed E-state index contributed by atoms with van der Waals surface area (Å²) in [5.41, 5.74) is 7.51. The first-order valence-electron chi connectivity index (χ1n) is 12.7. The first-order chi connectivity index (χ1) is 17.8. The van der Waals surface area contributed by atoms with Gasteiger partial charge in [-0.25, -0.2) is 13.8 Å². The summed E-state index contributed by atoms with van der Waals surface area (Å²) in [5, 5.41) is 3.27. The van der Waals surface area contributed by atoms with Crippen molar-refractivity contribution in [1.82, 2.24) is 9.97 Å². The molecule has 4 unspecified atom stereocenters. The third kappa shape index (κ3) is 5.97. The Hall–Kier alpha value is -2.96. The van der Waals surface area contributed by atoms with Gasteiger partial charge >= 0.3 is 0 Å². The lowest BCUT2D eigenvalue weighted by atomic mass is 9.76. The van der Waals surface area contributed by atoms with Gasteiger partial charge in [-0.05, 0) is 85.0 Å². The molecule has 0 radical (unpaired) electrons. The number of aromatic nitrogens is 2. The number of benzene rings is 1. The van der Waals surface area contributed by atoms with Gasteiger partial charge in [-0.15, -0.1) is 9.24 Å². The SMILES string of the molecule is CC1CC(N)CC(c2ccncc2NC(=O)c2ccc(F)c(-c3c(F)cc(OCC4CC4)cc3P)n2)C1. The lowest BCUT2D eigenvalue weighted by Crippen LogP contribution is -2.31. The Morgan fingerprint density at radius 1 is 1.16 bits per heavy atom. The fraction of sp³-hybridized carbons (Fsp3) is 0.393.